The number of benzene rings is 2. The lowest BCUT2D eigenvalue weighted by Gasteiger charge is -2.10. The largest absolute Gasteiger partial charge is 0.394 e. The van der Waals surface area contributed by atoms with Gasteiger partial charge in [0, 0.05) is 12.2 Å². The third kappa shape index (κ3) is 2.51. The molecule has 16 heavy (non-hydrogen) atoms. The summed E-state index contributed by atoms with van der Waals surface area (Å²) in [7, 11) is 0. The molecule has 0 aromatic heterocycles. The fourth-order valence-corrected chi connectivity index (χ4v) is 1.60. The first-order valence-electron chi connectivity index (χ1n) is 5.31. The Morgan fingerprint density at radius 2 is 1.81 bits per heavy atom. The zero-order chi connectivity index (χ0) is 11.4. The van der Waals surface area contributed by atoms with Crippen LogP contribution in [0.1, 0.15) is 0 Å². The normalized spacial score (nSPS) is 12.6. The monoisotopic (exact) mass is 217 g/mol. The van der Waals surface area contributed by atoms with Crippen molar-refractivity contribution in [3.05, 3.63) is 42.5 Å². The van der Waals surface area contributed by atoms with Crippen molar-refractivity contribution < 1.29 is 10.2 Å². The van der Waals surface area contributed by atoms with E-state index >= 15 is 0 Å². The molecule has 0 fully saturated rings. The fourth-order valence-electron chi connectivity index (χ4n) is 1.60. The zero-order valence-electron chi connectivity index (χ0n) is 8.93. The van der Waals surface area contributed by atoms with Gasteiger partial charge < -0.3 is 15.5 Å². The Morgan fingerprint density at radius 3 is 2.56 bits per heavy atom. The van der Waals surface area contributed by atoms with Crippen LogP contribution in [0, 0.1) is 0 Å². The van der Waals surface area contributed by atoms with Crippen molar-refractivity contribution in [2.45, 2.75) is 6.10 Å². The van der Waals surface area contributed by atoms with Gasteiger partial charge in [-0.05, 0) is 22.9 Å². The van der Waals surface area contributed by atoms with Gasteiger partial charge in [-0.2, -0.15) is 0 Å². The highest BCUT2D eigenvalue weighted by Gasteiger charge is 2.01. The number of fused-ring (bicyclic) bond motifs is 1. The number of aliphatic hydroxyl groups excluding tert-OH is 2. The number of nitrogens with one attached hydrogen (secondary N) is 1. The summed E-state index contributed by atoms with van der Waals surface area (Å²) in [5, 5.41) is 23.3. The summed E-state index contributed by atoms with van der Waals surface area (Å²) in [5.41, 5.74) is 0.950. The lowest BCUT2D eigenvalue weighted by Crippen LogP contribution is -2.22. The number of hydrogen-bond donors (Lipinski definition) is 3. The van der Waals surface area contributed by atoms with Gasteiger partial charge in [-0.15, -0.1) is 0 Å². The maximum atomic E-state index is 9.22. The summed E-state index contributed by atoms with van der Waals surface area (Å²) >= 11 is 0. The van der Waals surface area contributed by atoms with Crippen LogP contribution in [0.4, 0.5) is 5.69 Å². The maximum Gasteiger partial charge on any atom is 0.0942 e. The van der Waals surface area contributed by atoms with Gasteiger partial charge in [-0.25, -0.2) is 0 Å². The molecule has 0 saturated heterocycles. The number of hydrogen-bond acceptors (Lipinski definition) is 3. The summed E-state index contributed by atoms with van der Waals surface area (Å²) in [6, 6.07) is 14.1. The molecule has 2 aromatic rings. The lowest BCUT2D eigenvalue weighted by molar-refractivity contribution is 0.105. The maximum absolute atomic E-state index is 9.22. The van der Waals surface area contributed by atoms with E-state index in [0.29, 0.717) is 6.54 Å². The summed E-state index contributed by atoms with van der Waals surface area (Å²) in [6.45, 7) is 0.134. The Labute approximate surface area is 94.3 Å². The molecule has 0 aliphatic carbocycles. The smallest absolute Gasteiger partial charge is 0.0942 e. The highest BCUT2D eigenvalue weighted by Crippen LogP contribution is 2.18. The molecule has 0 bridgehead atoms. The quantitative estimate of drug-likeness (QED) is 0.729. The minimum absolute atomic E-state index is 0.222. The van der Waals surface area contributed by atoms with Gasteiger partial charge >= 0.3 is 0 Å². The predicted molar refractivity (Wildman–Crippen MR) is 65.5 cm³/mol. The minimum Gasteiger partial charge on any atom is -0.394 e. The van der Waals surface area contributed by atoms with Gasteiger partial charge in [0.2, 0.25) is 0 Å². The zero-order valence-corrected chi connectivity index (χ0v) is 8.93. The molecule has 0 heterocycles. The number of aliphatic hydroxyl groups is 2. The molecule has 2 aromatic carbocycles. The van der Waals surface area contributed by atoms with E-state index in [1.807, 2.05) is 36.4 Å². The average molecular weight is 217 g/mol. The molecule has 3 N–H and O–H groups in total. The lowest BCUT2D eigenvalue weighted by atomic mass is 10.1. The Morgan fingerprint density at radius 1 is 1.06 bits per heavy atom. The standard InChI is InChI=1S/C13H15NO2/c15-9-13(16)8-14-12-6-5-10-3-1-2-4-11(10)7-12/h1-7,13-16H,8-9H2/t13-/m0/s1. The van der Waals surface area contributed by atoms with Crippen molar-refractivity contribution >= 4 is 16.5 Å². The van der Waals surface area contributed by atoms with Crippen molar-refractivity contribution in [1.29, 1.82) is 0 Å². The first-order valence-corrected chi connectivity index (χ1v) is 5.31. The molecular formula is C13H15NO2. The van der Waals surface area contributed by atoms with Crippen molar-refractivity contribution in [2.24, 2.45) is 0 Å². The molecule has 0 spiro atoms. The topological polar surface area (TPSA) is 52.5 Å². The molecule has 0 aliphatic rings. The van der Waals surface area contributed by atoms with E-state index in [0.717, 1.165) is 11.1 Å². The fraction of sp³-hybridized carbons (Fsp3) is 0.231. The van der Waals surface area contributed by atoms with Gasteiger partial charge in [-0.3, -0.25) is 0 Å². The van der Waals surface area contributed by atoms with Crippen LogP contribution in [0.25, 0.3) is 10.8 Å². The Balaban J connectivity index is 2.13. The highest BCUT2D eigenvalue weighted by molar-refractivity contribution is 5.85. The van der Waals surface area contributed by atoms with Crippen LogP contribution in [-0.2, 0) is 0 Å². The van der Waals surface area contributed by atoms with E-state index < -0.39 is 6.10 Å². The third-order valence-corrected chi connectivity index (χ3v) is 2.50. The molecular weight excluding hydrogens is 202 g/mol. The Bertz CT molecular complexity index is 470. The summed E-state index contributed by atoms with van der Waals surface area (Å²) in [4.78, 5) is 0. The average Bonchev–Trinajstić information content (AvgIpc) is 2.35. The Hall–Kier alpha value is -1.58. The van der Waals surface area contributed by atoms with E-state index in [-0.39, 0.29) is 6.61 Å². The van der Waals surface area contributed by atoms with Gasteiger partial charge in [0.05, 0.1) is 12.7 Å². The molecule has 84 valence electrons. The molecule has 0 unspecified atom stereocenters. The van der Waals surface area contributed by atoms with Crippen molar-refractivity contribution in [3.63, 3.8) is 0 Å². The molecule has 3 heteroatoms. The van der Waals surface area contributed by atoms with Gasteiger partial charge in [-0.1, -0.05) is 30.3 Å². The second kappa shape index (κ2) is 4.96. The third-order valence-electron chi connectivity index (χ3n) is 2.50. The SMILES string of the molecule is OC[C@@H](O)CNc1ccc2ccccc2c1. The van der Waals surface area contributed by atoms with Crippen LogP contribution >= 0.6 is 0 Å². The number of rotatable bonds is 4. The van der Waals surface area contributed by atoms with Crippen LogP contribution in [0.2, 0.25) is 0 Å². The molecule has 3 nitrogen and oxygen atoms in total. The Kier molecular flexibility index (Phi) is 3.39. The predicted octanol–water partition coefficient (Wildman–Crippen LogP) is 1.60. The van der Waals surface area contributed by atoms with Crippen molar-refractivity contribution in [1.82, 2.24) is 0 Å². The van der Waals surface area contributed by atoms with E-state index in [1.165, 1.54) is 5.39 Å². The van der Waals surface area contributed by atoms with E-state index in [4.69, 9.17) is 5.11 Å². The van der Waals surface area contributed by atoms with E-state index in [9.17, 15) is 5.11 Å². The molecule has 0 aliphatic heterocycles. The molecule has 0 saturated carbocycles. The second-order valence-electron chi connectivity index (χ2n) is 3.78. The minimum atomic E-state index is -0.716. The second-order valence-corrected chi connectivity index (χ2v) is 3.78. The summed E-state index contributed by atoms with van der Waals surface area (Å²) in [5.74, 6) is 0. The first-order chi connectivity index (χ1) is 7.79. The highest BCUT2D eigenvalue weighted by atomic mass is 16.3. The van der Waals surface area contributed by atoms with Crippen LogP contribution in [0.3, 0.4) is 0 Å². The van der Waals surface area contributed by atoms with Crippen LogP contribution in [0.15, 0.2) is 42.5 Å². The van der Waals surface area contributed by atoms with Crippen LogP contribution in [-0.4, -0.2) is 29.5 Å². The molecule has 2 rings (SSSR count). The van der Waals surface area contributed by atoms with Gasteiger partial charge in [0.25, 0.3) is 0 Å². The summed E-state index contributed by atoms with van der Waals surface area (Å²) < 4.78 is 0. The molecule has 1 atom stereocenters. The van der Waals surface area contributed by atoms with E-state index in [2.05, 4.69) is 11.4 Å². The molecule has 0 radical (unpaired) electrons. The number of anilines is 1. The first kappa shape index (κ1) is 10.9. The van der Waals surface area contributed by atoms with Gasteiger partial charge in [0.15, 0.2) is 0 Å². The van der Waals surface area contributed by atoms with E-state index in [1.54, 1.807) is 0 Å². The van der Waals surface area contributed by atoms with Gasteiger partial charge in [0.1, 0.15) is 0 Å². The van der Waals surface area contributed by atoms with Crippen molar-refractivity contribution in [2.75, 3.05) is 18.5 Å². The van der Waals surface area contributed by atoms with Crippen molar-refractivity contribution in [3.8, 4) is 0 Å². The summed E-state index contributed by atoms with van der Waals surface area (Å²) in [6.07, 6.45) is -0.716. The molecule has 0 amide bonds. The van der Waals surface area contributed by atoms with Crippen LogP contribution in [0.5, 0.6) is 0 Å². The van der Waals surface area contributed by atoms with Crippen LogP contribution < -0.4 is 5.32 Å².